The van der Waals surface area contributed by atoms with Gasteiger partial charge in [-0.3, -0.25) is 0 Å². The van der Waals surface area contributed by atoms with E-state index in [2.05, 4.69) is 25.2 Å². The van der Waals surface area contributed by atoms with E-state index in [1.807, 2.05) is 13.8 Å². The van der Waals surface area contributed by atoms with Crippen molar-refractivity contribution in [1.82, 2.24) is 0 Å². The molecule has 0 aliphatic rings. The maximum atomic E-state index is 9.38. The molecule has 0 aliphatic heterocycles. The van der Waals surface area contributed by atoms with E-state index in [4.69, 9.17) is 0 Å². The molecule has 1 heteroatoms. The molecule has 0 bridgehead atoms. The third kappa shape index (κ3) is 5.14. The predicted octanol–water partition coefficient (Wildman–Crippen LogP) is 3.06. The lowest BCUT2D eigenvalue weighted by Crippen LogP contribution is -2.04. The van der Waals surface area contributed by atoms with Crippen LogP contribution in [0.3, 0.4) is 0 Å². The maximum absolute atomic E-state index is 9.38. The number of hydrogen-bond donors (Lipinski definition) is 1. The third-order valence-corrected chi connectivity index (χ3v) is 1.88. The summed E-state index contributed by atoms with van der Waals surface area (Å²) in [5.74, 6) is 0. The average molecular weight is 168 g/mol. The molecule has 0 heterocycles. The molecule has 0 saturated carbocycles. The van der Waals surface area contributed by atoms with E-state index in [9.17, 15) is 5.11 Å². The summed E-state index contributed by atoms with van der Waals surface area (Å²) in [4.78, 5) is 0. The lowest BCUT2D eigenvalue weighted by Gasteiger charge is -2.07. The van der Waals surface area contributed by atoms with Gasteiger partial charge >= 0.3 is 0 Å². The average Bonchev–Trinajstić information content (AvgIpc) is 2.11. The Morgan fingerprint density at radius 2 is 2.08 bits per heavy atom. The lowest BCUT2D eigenvalue weighted by molar-refractivity contribution is 0.171. The monoisotopic (exact) mass is 168 g/mol. The fraction of sp³-hybridized carbons (Fsp3) is 0.636. The van der Waals surface area contributed by atoms with Crippen molar-refractivity contribution in [3.63, 3.8) is 0 Å². The van der Waals surface area contributed by atoms with E-state index >= 15 is 0 Å². The van der Waals surface area contributed by atoms with E-state index in [0.717, 1.165) is 19.3 Å². The van der Waals surface area contributed by atoms with Crippen LogP contribution in [0.2, 0.25) is 0 Å². The fourth-order valence-corrected chi connectivity index (χ4v) is 0.968. The van der Waals surface area contributed by atoms with Crippen molar-refractivity contribution in [1.29, 1.82) is 0 Å². The summed E-state index contributed by atoms with van der Waals surface area (Å²) in [6, 6.07) is 0. The zero-order valence-electron chi connectivity index (χ0n) is 8.38. The van der Waals surface area contributed by atoms with E-state index < -0.39 is 0 Å². The van der Waals surface area contributed by atoms with Crippen molar-refractivity contribution < 1.29 is 5.11 Å². The first-order valence-corrected chi connectivity index (χ1v) is 4.74. The molecule has 0 aliphatic carbocycles. The largest absolute Gasteiger partial charge is 0.393 e. The highest BCUT2D eigenvalue weighted by Gasteiger charge is 2.01. The SMILES string of the molecule is C/C=C(\C=C/CC)CC(O)CC. The molecule has 0 aromatic carbocycles. The van der Waals surface area contributed by atoms with Crippen LogP contribution in [0.5, 0.6) is 0 Å². The molecule has 0 radical (unpaired) electrons. The van der Waals surface area contributed by atoms with Gasteiger partial charge in [0.15, 0.2) is 0 Å². The molecular weight excluding hydrogens is 148 g/mol. The fourth-order valence-electron chi connectivity index (χ4n) is 0.968. The summed E-state index contributed by atoms with van der Waals surface area (Å²) < 4.78 is 0. The van der Waals surface area contributed by atoms with Gasteiger partial charge in [-0.05, 0) is 26.2 Å². The van der Waals surface area contributed by atoms with Gasteiger partial charge in [0, 0.05) is 0 Å². The van der Waals surface area contributed by atoms with E-state index in [1.165, 1.54) is 5.57 Å². The Bertz CT molecular complexity index is 156. The molecule has 0 fully saturated rings. The van der Waals surface area contributed by atoms with Crippen LogP contribution in [0.4, 0.5) is 0 Å². The Balaban J connectivity index is 3.93. The summed E-state index contributed by atoms with van der Waals surface area (Å²) in [6.45, 7) is 6.12. The van der Waals surface area contributed by atoms with Gasteiger partial charge in [-0.2, -0.15) is 0 Å². The van der Waals surface area contributed by atoms with Crippen LogP contribution in [0.15, 0.2) is 23.8 Å². The van der Waals surface area contributed by atoms with Gasteiger partial charge in [-0.15, -0.1) is 0 Å². The van der Waals surface area contributed by atoms with Crippen molar-refractivity contribution in [2.75, 3.05) is 0 Å². The van der Waals surface area contributed by atoms with Crippen molar-refractivity contribution >= 4 is 0 Å². The van der Waals surface area contributed by atoms with Gasteiger partial charge in [0.1, 0.15) is 0 Å². The van der Waals surface area contributed by atoms with Gasteiger partial charge in [-0.25, -0.2) is 0 Å². The van der Waals surface area contributed by atoms with Gasteiger partial charge in [0.2, 0.25) is 0 Å². The smallest absolute Gasteiger partial charge is 0.0577 e. The van der Waals surface area contributed by atoms with Gasteiger partial charge in [-0.1, -0.05) is 37.6 Å². The molecule has 0 saturated heterocycles. The van der Waals surface area contributed by atoms with Gasteiger partial charge in [0.25, 0.3) is 0 Å². The topological polar surface area (TPSA) is 20.2 Å². The second-order valence-corrected chi connectivity index (χ2v) is 2.94. The molecular formula is C11H20O. The molecule has 1 atom stereocenters. The minimum Gasteiger partial charge on any atom is -0.393 e. The first-order valence-electron chi connectivity index (χ1n) is 4.74. The van der Waals surface area contributed by atoms with Crippen molar-refractivity contribution in [2.45, 2.75) is 46.1 Å². The van der Waals surface area contributed by atoms with Crippen LogP contribution in [-0.4, -0.2) is 11.2 Å². The number of aliphatic hydroxyl groups excluding tert-OH is 1. The molecule has 0 amide bonds. The van der Waals surface area contributed by atoms with Crippen LogP contribution in [0.1, 0.15) is 40.0 Å². The summed E-state index contributed by atoms with van der Waals surface area (Å²) in [6.07, 6.45) is 8.76. The Morgan fingerprint density at radius 1 is 1.42 bits per heavy atom. The molecule has 0 rings (SSSR count). The Hall–Kier alpha value is -0.560. The molecule has 0 spiro atoms. The quantitative estimate of drug-likeness (QED) is 0.625. The molecule has 1 unspecified atom stereocenters. The predicted molar refractivity (Wildman–Crippen MR) is 54.1 cm³/mol. The zero-order chi connectivity index (χ0) is 9.40. The maximum Gasteiger partial charge on any atom is 0.0577 e. The third-order valence-electron chi connectivity index (χ3n) is 1.88. The number of rotatable bonds is 5. The minimum absolute atomic E-state index is 0.183. The number of allylic oxidation sites excluding steroid dienone is 3. The highest BCUT2D eigenvalue weighted by Crippen LogP contribution is 2.09. The highest BCUT2D eigenvalue weighted by molar-refractivity contribution is 5.18. The molecule has 0 aromatic rings. The molecule has 1 N–H and O–H groups in total. The van der Waals surface area contributed by atoms with Gasteiger partial charge < -0.3 is 5.11 Å². The molecule has 1 nitrogen and oxygen atoms in total. The Morgan fingerprint density at radius 3 is 2.50 bits per heavy atom. The minimum atomic E-state index is -0.183. The van der Waals surface area contributed by atoms with E-state index in [-0.39, 0.29) is 6.10 Å². The summed E-state index contributed by atoms with van der Waals surface area (Å²) in [5.41, 5.74) is 1.23. The highest BCUT2D eigenvalue weighted by atomic mass is 16.3. The summed E-state index contributed by atoms with van der Waals surface area (Å²) in [7, 11) is 0. The van der Waals surface area contributed by atoms with Crippen molar-refractivity contribution in [2.24, 2.45) is 0 Å². The Labute approximate surface area is 75.8 Å². The number of hydrogen-bond acceptors (Lipinski definition) is 1. The standard InChI is InChI=1S/C11H20O/c1-4-7-8-10(5-2)9-11(12)6-3/h5,7-8,11-12H,4,6,9H2,1-3H3/b8-7-,10-5+. The van der Waals surface area contributed by atoms with Crippen LogP contribution >= 0.6 is 0 Å². The normalized spacial score (nSPS) is 15.5. The first-order chi connectivity index (χ1) is 5.74. The van der Waals surface area contributed by atoms with Crippen LogP contribution in [0.25, 0.3) is 0 Å². The lowest BCUT2D eigenvalue weighted by atomic mass is 10.1. The Kier molecular flexibility index (Phi) is 6.78. The second kappa shape index (κ2) is 7.11. The van der Waals surface area contributed by atoms with Crippen molar-refractivity contribution in [3.8, 4) is 0 Å². The molecule has 12 heavy (non-hydrogen) atoms. The van der Waals surface area contributed by atoms with Crippen molar-refractivity contribution in [3.05, 3.63) is 23.8 Å². The van der Waals surface area contributed by atoms with Crippen LogP contribution in [-0.2, 0) is 0 Å². The molecule has 0 aromatic heterocycles. The zero-order valence-corrected chi connectivity index (χ0v) is 8.38. The number of aliphatic hydroxyl groups is 1. The van der Waals surface area contributed by atoms with E-state index in [0.29, 0.717) is 0 Å². The molecule has 70 valence electrons. The van der Waals surface area contributed by atoms with Crippen LogP contribution < -0.4 is 0 Å². The first kappa shape index (κ1) is 11.4. The summed E-state index contributed by atoms with van der Waals surface area (Å²) in [5, 5.41) is 9.38. The van der Waals surface area contributed by atoms with Crippen LogP contribution in [0, 0.1) is 0 Å². The summed E-state index contributed by atoms with van der Waals surface area (Å²) >= 11 is 0. The second-order valence-electron chi connectivity index (χ2n) is 2.94. The van der Waals surface area contributed by atoms with Gasteiger partial charge in [0.05, 0.1) is 6.10 Å². The van der Waals surface area contributed by atoms with E-state index in [1.54, 1.807) is 0 Å².